The van der Waals surface area contributed by atoms with Gasteiger partial charge in [0.1, 0.15) is 23.2 Å². The van der Waals surface area contributed by atoms with Crippen molar-refractivity contribution in [2.24, 2.45) is 10.9 Å². The Hall–Kier alpha value is -4.46. The number of rotatable bonds is 8. The first-order valence-electron chi connectivity index (χ1n) is 11.8. The van der Waals surface area contributed by atoms with Gasteiger partial charge in [0, 0.05) is 22.3 Å². The van der Waals surface area contributed by atoms with Gasteiger partial charge < -0.3 is 30.7 Å². The van der Waals surface area contributed by atoms with Gasteiger partial charge >= 0.3 is 0 Å². The van der Waals surface area contributed by atoms with Crippen molar-refractivity contribution in [1.82, 2.24) is 15.3 Å². The minimum Gasteiger partial charge on any atom is -0.507 e. The number of primary sulfonamides is 1. The monoisotopic (exact) mass is 552 g/mol. The first kappa shape index (κ1) is 27.6. The van der Waals surface area contributed by atoms with Crippen molar-refractivity contribution in [2.45, 2.75) is 4.90 Å². The van der Waals surface area contributed by atoms with Gasteiger partial charge in [0.25, 0.3) is 5.91 Å². The van der Waals surface area contributed by atoms with Crippen molar-refractivity contribution in [3.63, 3.8) is 0 Å². The summed E-state index contributed by atoms with van der Waals surface area (Å²) >= 11 is 0. The summed E-state index contributed by atoms with van der Waals surface area (Å²) in [7, 11) is 1.84. The number of imidazole rings is 1. The van der Waals surface area contributed by atoms with E-state index in [0.717, 1.165) is 18.2 Å². The molecule has 0 aliphatic heterocycles. The van der Waals surface area contributed by atoms with Crippen LogP contribution in [0.4, 0.5) is 0 Å². The SMILES string of the molecule is C[N+](C)(C)CCNC(=O)c1cc(-c2nc3ccc(C(=N)N)cc3[nH]2)c(O)c(-c2cc(S(N)(=O)=O)ccc2O)c1. The van der Waals surface area contributed by atoms with Gasteiger partial charge in [-0.1, -0.05) is 0 Å². The summed E-state index contributed by atoms with van der Waals surface area (Å²) in [5.74, 6) is -1.06. The quantitative estimate of drug-likeness (QED) is 0.0976. The van der Waals surface area contributed by atoms with E-state index in [1.165, 1.54) is 12.1 Å². The summed E-state index contributed by atoms with van der Waals surface area (Å²) in [5.41, 5.74) is 7.35. The zero-order chi connectivity index (χ0) is 28.7. The Bertz CT molecular complexity index is 1720. The minimum atomic E-state index is -4.13. The lowest BCUT2D eigenvalue weighted by molar-refractivity contribution is -0.869. The number of hydrogen-bond donors (Lipinski definition) is 7. The molecule has 13 heteroatoms. The van der Waals surface area contributed by atoms with Gasteiger partial charge in [-0.15, -0.1) is 0 Å². The minimum absolute atomic E-state index is 0.00265. The number of benzene rings is 3. The standard InChI is InChI=1S/C26H29N7O5S/c1-33(2,3)9-8-30-26(36)15-10-18(17-13-16(39(29,37)38)5-7-22(17)34)23(35)19(11-15)25-31-20-6-4-14(24(27)28)12-21(20)32-25/h4-7,10-13H,8-9H2,1-3H3,(H8-,27,28,29,30,31,32,34,35,36,37,38)/p+1. The number of nitrogens with two attached hydrogens (primary N) is 2. The van der Waals surface area contributed by atoms with Crippen LogP contribution >= 0.6 is 0 Å². The van der Waals surface area contributed by atoms with Crippen molar-refractivity contribution in [1.29, 1.82) is 5.41 Å². The fourth-order valence-corrected chi connectivity index (χ4v) is 4.51. The molecule has 4 rings (SSSR count). The lowest BCUT2D eigenvalue weighted by Crippen LogP contribution is -2.41. The van der Waals surface area contributed by atoms with Crippen LogP contribution < -0.4 is 16.2 Å². The van der Waals surface area contributed by atoms with Crippen LogP contribution in [-0.4, -0.2) is 79.1 Å². The van der Waals surface area contributed by atoms with E-state index in [0.29, 0.717) is 34.2 Å². The Kier molecular flexibility index (Phi) is 7.08. The number of nitrogen functional groups attached to an aromatic ring is 1. The fraction of sp³-hybridized carbons (Fsp3) is 0.192. The second-order valence-corrected chi connectivity index (χ2v) is 11.7. The Labute approximate surface area is 225 Å². The number of nitrogens with one attached hydrogen (secondary N) is 3. The number of likely N-dealkylation sites (N-methyl/N-ethyl adjacent to an activating group) is 1. The molecule has 0 atom stereocenters. The molecule has 0 fully saturated rings. The molecule has 9 N–H and O–H groups in total. The van der Waals surface area contributed by atoms with Crippen LogP contribution in [-0.2, 0) is 10.0 Å². The number of phenolic OH excluding ortho intramolecular Hbond substituents is 2. The molecule has 0 unspecified atom stereocenters. The number of carbonyl (C=O) groups is 1. The largest absolute Gasteiger partial charge is 0.507 e. The summed E-state index contributed by atoms with van der Waals surface area (Å²) in [4.78, 5) is 20.5. The van der Waals surface area contributed by atoms with Crippen LogP contribution in [0.1, 0.15) is 15.9 Å². The molecule has 4 aromatic rings. The molecular weight excluding hydrogens is 522 g/mol. The number of amidine groups is 1. The molecule has 1 aromatic heterocycles. The molecule has 1 heterocycles. The number of sulfonamides is 1. The molecule has 1 amide bonds. The van der Waals surface area contributed by atoms with Gasteiger partial charge in [0.15, 0.2) is 0 Å². The summed E-state index contributed by atoms with van der Waals surface area (Å²) in [5, 5.41) is 37.7. The van der Waals surface area contributed by atoms with Gasteiger partial charge in [-0.25, -0.2) is 18.5 Å². The predicted molar refractivity (Wildman–Crippen MR) is 148 cm³/mol. The number of aromatic nitrogens is 2. The van der Waals surface area contributed by atoms with E-state index in [1.807, 2.05) is 21.1 Å². The first-order chi connectivity index (χ1) is 18.1. The van der Waals surface area contributed by atoms with E-state index in [2.05, 4.69) is 15.3 Å². The van der Waals surface area contributed by atoms with Gasteiger partial charge in [0.05, 0.1) is 55.7 Å². The average molecular weight is 553 g/mol. The van der Waals surface area contributed by atoms with E-state index in [1.54, 1.807) is 18.2 Å². The number of hydrogen-bond acceptors (Lipinski definition) is 7. The average Bonchev–Trinajstić information content (AvgIpc) is 3.26. The molecular formula is C26H30N7O5S+. The number of carbonyl (C=O) groups excluding carboxylic acids is 1. The van der Waals surface area contributed by atoms with E-state index >= 15 is 0 Å². The first-order valence-corrected chi connectivity index (χ1v) is 13.3. The summed E-state index contributed by atoms with van der Waals surface area (Å²) < 4.78 is 24.6. The molecule has 0 saturated heterocycles. The van der Waals surface area contributed by atoms with E-state index < -0.39 is 15.9 Å². The number of aromatic amines is 1. The van der Waals surface area contributed by atoms with Crippen molar-refractivity contribution in [3.8, 4) is 34.0 Å². The molecule has 0 radical (unpaired) electrons. The zero-order valence-electron chi connectivity index (χ0n) is 21.6. The van der Waals surface area contributed by atoms with Gasteiger partial charge in [0.2, 0.25) is 10.0 Å². The Balaban J connectivity index is 1.90. The molecule has 12 nitrogen and oxygen atoms in total. The number of H-pyrrole nitrogens is 1. The van der Waals surface area contributed by atoms with Gasteiger partial charge in [-0.2, -0.15) is 0 Å². The Morgan fingerprint density at radius 2 is 1.72 bits per heavy atom. The highest BCUT2D eigenvalue weighted by Gasteiger charge is 2.22. The van der Waals surface area contributed by atoms with Crippen LogP contribution in [0.5, 0.6) is 11.5 Å². The van der Waals surface area contributed by atoms with Crippen LogP contribution in [0, 0.1) is 5.41 Å². The number of amides is 1. The Morgan fingerprint density at radius 3 is 2.36 bits per heavy atom. The van der Waals surface area contributed by atoms with Crippen LogP contribution in [0.2, 0.25) is 0 Å². The van der Waals surface area contributed by atoms with Crippen LogP contribution in [0.25, 0.3) is 33.5 Å². The zero-order valence-corrected chi connectivity index (χ0v) is 22.4. The maximum absolute atomic E-state index is 13.2. The topological polar surface area (TPSA) is 208 Å². The number of aromatic hydroxyl groups is 2. The van der Waals surface area contributed by atoms with Gasteiger partial charge in [-0.3, -0.25) is 10.2 Å². The fourth-order valence-electron chi connectivity index (χ4n) is 3.97. The maximum Gasteiger partial charge on any atom is 0.251 e. The molecule has 0 aliphatic carbocycles. The number of nitrogens with zero attached hydrogens (tertiary/aromatic N) is 2. The summed E-state index contributed by atoms with van der Waals surface area (Å²) in [6.07, 6.45) is 0. The lowest BCUT2D eigenvalue weighted by Gasteiger charge is -2.23. The Morgan fingerprint density at radius 1 is 1.03 bits per heavy atom. The third-order valence-corrected chi connectivity index (χ3v) is 6.99. The number of quaternary nitrogens is 1. The molecule has 0 saturated carbocycles. The van der Waals surface area contributed by atoms with Crippen molar-refractivity contribution in [3.05, 3.63) is 59.7 Å². The van der Waals surface area contributed by atoms with Crippen LogP contribution in [0.15, 0.2) is 53.4 Å². The summed E-state index contributed by atoms with van der Waals surface area (Å²) in [6, 6.07) is 11.1. The third kappa shape index (κ3) is 6.00. The van der Waals surface area contributed by atoms with Crippen LogP contribution in [0.3, 0.4) is 0 Å². The predicted octanol–water partition coefficient (Wildman–Crippen LogP) is 1.68. The molecule has 0 spiro atoms. The normalized spacial score (nSPS) is 12.0. The highest BCUT2D eigenvalue weighted by atomic mass is 32.2. The van der Waals surface area contributed by atoms with E-state index in [-0.39, 0.29) is 50.3 Å². The second-order valence-electron chi connectivity index (χ2n) is 10.1. The number of fused-ring (bicyclic) bond motifs is 1. The van der Waals surface area contributed by atoms with E-state index in [4.69, 9.17) is 16.3 Å². The molecule has 3 aromatic carbocycles. The molecule has 0 bridgehead atoms. The highest BCUT2D eigenvalue weighted by Crippen LogP contribution is 2.42. The second kappa shape index (κ2) is 10.0. The molecule has 204 valence electrons. The van der Waals surface area contributed by atoms with E-state index in [9.17, 15) is 23.4 Å². The van der Waals surface area contributed by atoms with Gasteiger partial charge in [-0.05, 0) is 48.5 Å². The number of phenols is 2. The summed E-state index contributed by atoms with van der Waals surface area (Å²) in [6.45, 7) is 1.03. The van der Waals surface area contributed by atoms with Crippen molar-refractivity contribution in [2.75, 3.05) is 34.2 Å². The molecule has 0 aliphatic rings. The van der Waals surface area contributed by atoms with Crippen molar-refractivity contribution >= 4 is 32.8 Å². The lowest BCUT2D eigenvalue weighted by atomic mass is 9.96. The molecule has 39 heavy (non-hydrogen) atoms. The highest BCUT2D eigenvalue weighted by molar-refractivity contribution is 7.89. The van der Waals surface area contributed by atoms with Crippen molar-refractivity contribution < 1.29 is 27.9 Å². The third-order valence-electron chi connectivity index (χ3n) is 6.08. The maximum atomic E-state index is 13.2. The smallest absolute Gasteiger partial charge is 0.251 e.